The van der Waals surface area contributed by atoms with Gasteiger partial charge in [0.25, 0.3) is 0 Å². The van der Waals surface area contributed by atoms with Gasteiger partial charge in [-0.3, -0.25) is 0 Å². The van der Waals surface area contributed by atoms with E-state index in [4.69, 9.17) is 0 Å². The molecular formula is C12H18N4O4S. The molecule has 21 heavy (non-hydrogen) atoms. The Morgan fingerprint density at radius 1 is 1.29 bits per heavy atom. The molecular weight excluding hydrogens is 296 g/mol. The molecule has 2 N–H and O–H groups in total. The number of carbonyl (C=O) groups excluding carboxylic acids is 2. The lowest BCUT2D eigenvalue weighted by Gasteiger charge is -2.41. The summed E-state index contributed by atoms with van der Waals surface area (Å²) in [5.74, 6) is 0.246. The molecule has 0 bridgehead atoms. The van der Waals surface area contributed by atoms with Gasteiger partial charge in [0.15, 0.2) is 0 Å². The molecule has 0 aromatic rings. The highest BCUT2D eigenvalue weighted by Gasteiger charge is 2.40. The fourth-order valence-corrected chi connectivity index (χ4v) is 4.03. The number of carbonyl (C=O) groups is 3. The van der Waals surface area contributed by atoms with E-state index < -0.39 is 12.0 Å². The average Bonchev–Trinajstić information content (AvgIpc) is 2.87. The Morgan fingerprint density at radius 3 is 2.86 bits per heavy atom. The summed E-state index contributed by atoms with van der Waals surface area (Å²) in [6.45, 7) is 2.43. The van der Waals surface area contributed by atoms with Crippen LogP contribution in [0.25, 0.3) is 0 Å². The summed E-state index contributed by atoms with van der Waals surface area (Å²) in [7, 11) is 0. The average molecular weight is 314 g/mol. The van der Waals surface area contributed by atoms with Gasteiger partial charge in [-0.15, -0.1) is 0 Å². The molecule has 8 nitrogen and oxygen atoms in total. The molecule has 0 aliphatic carbocycles. The van der Waals surface area contributed by atoms with Crippen molar-refractivity contribution in [3.05, 3.63) is 0 Å². The Hall–Kier alpha value is -1.64. The van der Waals surface area contributed by atoms with E-state index in [1.54, 1.807) is 21.6 Å². The second-order valence-corrected chi connectivity index (χ2v) is 6.53. The van der Waals surface area contributed by atoms with E-state index in [0.29, 0.717) is 38.5 Å². The zero-order chi connectivity index (χ0) is 15.0. The monoisotopic (exact) mass is 314 g/mol. The van der Waals surface area contributed by atoms with Gasteiger partial charge in [0.2, 0.25) is 0 Å². The number of hydrogen-bond acceptors (Lipinski definition) is 4. The van der Waals surface area contributed by atoms with E-state index in [-0.39, 0.29) is 18.1 Å². The minimum atomic E-state index is -0.952. The van der Waals surface area contributed by atoms with Crippen molar-refractivity contribution in [1.82, 2.24) is 20.0 Å². The van der Waals surface area contributed by atoms with Crippen molar-refractivity contribution < 1.29 is 19.5 Å². The van der Waals surface area contributed by atoms with Crippen molar-refractivity contribution in [2.75, 3.05) is 44.2 Å². The number of fused-ring (bicyclic) bond motifs is 1. The van der Waals surface area contributed by atoms with E-state index in [9.17, 15) is 19.5 Å². The molecule has 4 amide bonds. The number of rotatable bonds is 1. The molecule has 2 atom stereocenters. The number of aliphatic carboxylic acids is 1. The predicted molar refractivity (Wildman–Crippen MR) is 76.3 cm³/mol. The standard InChI is InChI=1S/C12H18N4O4S/c17-10(18)9-7-21-4-3-16(9)12(20)14-1-2-15-8(6-14)5-13-11(15)19/h8-9H,1-7H2,(H,13,19)(H,17,18). The quantitative estimate of drug-likeness (QED) is 0.669. The van der Waals surface area contributed by atoms with Crippen molar-refractivity contribution in [3.63, 3.8) is 0 Å². The second kappa shape index (κ2) is 5.63. The molecule has 3 aliphatic heterocycles. The Balaban J connectivity index is 1.67. The number of carboxylic acid groups (broad SMARTS) is 1. The van der Waals surface area contributed by atoms with Gasteiger partial charge < -0.3 is 25.1 Å². The predicted octanol–water partition coefficient (Wildman–Crippen LogP) is -0.682. The van der Waals surface area contributed by atoms with Gasteiger partial charge in [-0.2, -0.15) is 11.8 Å². The second-order valence-electron chi connectivity index (χ2n) is 5.38. The van der Waals surface area contributed by atoms with E-state index in [1.807, 2.05) is 0 Å². The van der Waals surface area contributed by atoms with Gasteiger partial charge >= 0.3 is 18.0 Å². The summed E-state index contributed by atoms with van der Waals surface area (Å²) in [6.07, 6.45) is 0. The van der Waals surface area contributed by atoms with Crippen LogP contribution in [-0.2, 0) is 4.79 Å². The van der Waals surface area contributed by atoms with Gasteiger partial charge in [0.05, 0.1) is 6.04 Å². The maximum absolute atomic E-state index is 12.6. The number of nitrogens with zero attached hydrogens (tertiary/aromatic N) is 3. The molecule has 3 aliphatic rings. The summed E-state index contributed by atoms with van der Waals surface area (Å²) in [6, 6.07) is -1.05. The van der Waals surface area contributed by atoms with E-state index in [1.165, 1.54) is 4.90 Å². The normalized spacial score (nSPS) is 29.1. The lowest BCUT2D eigenvalue weighted by atomic mass is 10.2. The first kappa shape index (κ1) is 14.3. The van der Waals surface area contributed by atoms with Gasteiger partial charge in [-0.1, -0.05) is 0 Å². The van der Waals surface area contributed by atoms with Gasteiger partial charge in [-0.25, -0.2) is 14.4 Å². The molecule has 2 unspecified atom stereocenters. The van der Waals surface area contributed by atoms with Crippen LogP contribution in [0, 0.1) is 0 Å². The van der Waals surface area contributed by atoms with Gasteiger partial charge in [0.1, 0.15) is 6.04 Å². The van der Waals surface area contributed by atoms with E-state index in [0.717, 1.165) is 5.75 Å². The summed E-state index contributed by atoms with van der Waals surface area (Å²) in [5, 5.41) is 12.0. The maximum atomic E-state index is 12.6. The number of amides is 4. The molecule has 0 spiro atoms. The Kier molecular flexibility index (Phi) is 3.83. The molecule has 3 heterocycles. The highest BCUT2D eigenvalue weighted by Crippen LogP contribution is 2.21. The smallest absolute Gasteiger partial charge is 0.327 e. The SMILES string of the molecule is O=C(O)C1CSCCN1C(=O)N1CCN2C(=O)NCC2C1. The number of thioether (sulfide) groups is 1. The van der Waals surface area contributed by atoms with Crippen LogP contribution >= 0.6 is 11.8 Å². The minimum Gasteiger partial charge on any atom is -0.480 e. The largest absolute Gasteiger partial charge is 0.480 e. The highest BCUT2D eigenvalue weighted by atomic mass is 32.2. The molecule has 0 aromatic heterocycles. The molecule has 9 heteroatoms. The summed E-state index contributed by atoms with van der Waals surface area (Å²) in [4.78, 5) is 40.3. The zero-order valence-corrected chi connectivity index (χ0v) is 12.3. The zero-order valence-electron chi connectivity index (χ0n) is 11.5. The minimum absolute atomic E-state index is 0.00218. The number of nitrogens with one attached hydrogen (secondary N) is 1. The lowest BCUT2D eigenvalue weighted by Crippen LogP contribution is -2.60. The van der Waals surface area contributed by atoms with Crippen molar-refractivity contribution in [2.24, 2.45) is 0 Å². The Labute approximate surface area is 126 Å². The van der Waals surface area contributed by atoms with Crippen LogP contribution in [0.1, 0.15) is 0 Å². The topological polar surface area (TPSA) is 93.2 Å². The van der Waals surface area contributed by atoms with E-state index >= 15 is 0 Å². The number of hydrogen-bond donors (Lipinski definition) is 2. The molecule has 116 valence electrons. The number of urea groups is 2. The van der Waals surface area contributed by atoms with Crippen LogP contribution in [0.5, 0.6) is 0 Å². The van der Waals surface area contributed by atoms with Crippen molar-refractivity contribution in [1.29, 1.82) is 0 Å². The maximum Gasteiger partial charge on any atom is 0.327 e. The molecule has 3 rings (SSSR count). The lowest BCUT2D eigenvalue weighted by molar-refractivity contribution is -0.141. The van der Waals surface area contributed by atoms with Crippen LogP contribution in [0.15, 0.2) is 0 Å². The van der Waals surface area contributed by atoms with Crippen LogP contribution in [-0.4, -0.2) is 94.2 Å². The molecule has 3 fully saturated rings. The van der Waals surface area contributed by atoms with Crippen LogP contribution in [0.2, 0.25) is 0 Å². The fourth-order valence-electron chi connectivity index (χ4n) is 3.00. The third-order valence-corrected chi connectivity index (χ3v) is 5.18. The fraction of sp³-hybridized carbons (Fsp3) is 0.750. The Morgan fingerprint density at radius 2 is 2.10 bits per heavy atom. The molecule has 0 aromatic carbocycles. The van der Waals surface area contributed by atoms with Crippen molar-refractivity contribution >= 4 is 29.8 Å². The summed E-state index contributed by atoms with van der Waals surface area (Å²) < 4.78 is 0. The first-order valence-corrected chi connectivity index (χ1v) is 8.14. The van der Waals surface area contributed by atoms with Gasteiger partial charge in [0, 0.05) is 44.2 Å². The highest BCUT2D eigenvalue weighted by molar-refractivity contribution is 7.99. The molecule has 0 radical (unpaired) electrons. The van der Waals surface area contributed by atoms with E-state index in [2.05, 4.69) is 5.32 Å². The van der Waals surface area contributed by atoms with Crippen LogP contribution < -0.4 is 5.32 Å². The summed E-state index contributed by atoms with van der Waals surface area (Å²) in [5.41, 5.74) is 0. The number of piperazine rings is 1. The van der Waals surface area contributed by atoms with Crippen LogP contribution in [0.3, 0.4) is 0 Å². The first-order chi connectivity index (χ1) is 10.1. The third kappa shape index (κ3) is 2.61. The summed E-state index contributed by atoms with van der Waals surface area (Å²) >= 11 is 1.56. The van der Waals surface area contributed by atoms with Crippen molar-refractivity contribution in [3.8, 4) is 0 Å². The third-order valence-electron chi connectivity index (χ3n) is 4.16. The Bertz CT molecular complexity index is 474. The molecule has 3 saturated heterocycles. The number of carboxylic acids is 1. The molecule has 0 saturated carbocycles. The van der Waals surface area contributed by atoms with Crippen molar-refractivity contribution in [2.45, 2.75) is 12.1 Å². The van der Waals surface area contributed by atoms with Gasteiger partial charge in [-0.05, 0) is 0 Å². The van der Waals surface area contributed by atoms with Crippen LogP contribution in [0.4, 0.5) is 9.59 Å². The first-order valence-electron chi connectivity index (χ1n) is 6.98.